The third kappa shape index (κ3) is 5.25. The summed E-state index contributed by atoms with van der Waals surface area (Å²) in [6.45, 7) is 5.38. The lowest BCUT2D eigenvalue weighted by Crippen LogP contribution is -2.27. The quantitative estimate of drug-likeness (QED) is 0.675. The number of nitrogen functional groups attached to an aromatic ring is 1. The van der Waals surface area contributed by atoms with E-state index >= 15 is 0 Å². The minimum absolute atomic E-state index is 0.123. The van der Waals surface area contributed by atoms with Crippen LogP contribution < -0.4 is 10.5 Å². The highest BCUT2D eigenvalue weighted by atomic mass is 32.2. The molecule has 0 aliphatic carbocycles. The standard InChI is InChI=1S/C9H18N4O3S2/c1-7(2)3-5-16-6-4-11-18(14,15)9-13-12-8(10)17-9/h7,11H,3-6H2,1-2H3,(H2,10,12). The highest BCUT2D eigenvalue weighted by Crippen LogP contribution is 2.15. The van der Waals surface area contributed by atoms with Crippen LogP contribution in [0.1, 0.15) is 20.3 Å². The topological polar surface area (TPSA) is 107 Å². The molecule has 0 unspecified atom stereocenters. The van der Waals surface area contributed by atoms with Crippen molar-refractivity contribution >= 4 is 26.5 Å². The number of nitrogens with two attached hydrogens (primary N) is 1. The number of ether oxygens (including phenoxy) is 1. The number of anilines is 1. The molecule has 0 aliphatic rings. The largest absolute Gasteiger partial charge is 0.380 e. The molecule has 1 heterocycles. The molecule has 0 aromatic carbocycles. The molecule has 0 bridgehead atoms. The highest BCUT2D eigenvalue weighted by molar-refractivity contribution is 7.91. The summed E-state index contributed by atoms with van der Waals surface area (Å²) in [5.41, 5.74) is 5.33. The van der Waals surface area contributed by atoms with Gasteiger partial charge in [-0.3, -0.25) is 0 Å². The van der Waals surface area contributed by atoms with Gasteiger partial charge >= 0.3 is 0 Å². The summed E-state index contributed by atoms with van der Waals surface area (Å²) in [6.07, 6.45) is 0.958. The lowest BCUT2D eigenvalue weighted by atomic mass is 10.1. The average molecular weight is 294 g/mol. The van der Waals surface area contributed by atoms with E-state index in [1.165, 1.54) is 0 Å². The van der Waals surface area contributed by atoms with Crippen LogP contribution in [0.3, 0.4) is 0 Å². The van der Waals surface area contributed by atoms with Crippen molar-refractivity contribution in [3.63, 3.8) is 0 Å². The second kappa shape index (κ2) is 6.98. The summed E-state index contributed by atoms with van der Waals surface area (Å²) in [5, 5.41) is 7.06. The van der Waals surface area contributed by atoms with Gasteiger partial charge in [0.2, 0.25) is 9.47 Å². The molecule has 7 nitrogen and oxygen atoms in total. The highest BCUT2D eigenvalue weighted by Gasteiger charge is 2.18. The summed E-state index contributed by atoms with van der Waals surface area (Å²) in [4.78, 5) is 0. The smallest absolute Gasteiger partial charge is 0.269 e. The van der Waals surface area contributed by atoms with Crippen molar-refractivity contribution < 1.29 is 13.2 Å². The predicted molar refractivity (Wildman–Crippen MR) is 69.8 cm³/mol. The molecule has 0 saturated heterocycles. The van der Waals surface area contributed by atoms with Gasteiger partial charge in [0, 0.05) is 13.2 Å². The summed E-state index contributed by atoms with van der Waals surface area (Å²) in [5.74, 6) is 0.575. The van der Waals surface area contributed by atoms with Crippen molar-refractivity contribution in [3.05, 3.63) is 0 Å². The van der Waals surface area contributed by atoms with E-state index in [0.717, 1.165) is 17.8 Å². The lowest BCUT2D eigenvalue weighted by Gasteiger charge is -2.06. The van der Waals surface area contributed by atoms with Crippen molar-refractivity contribution in [2.45, 2.75) is 24.6 Å². The van der Waals surface area contributed by atoms with E-state index in [9.17, 15) is 8.42 Å². The molecule has 0 atom stereocenters. The van der Waals surface area contributed by atoms with E-state index in [1.54, 1.807) is 0 Å². The molecule has 1 rings (SSSR count). The number of nitrogens with zero attached hydrogens (tertiary/aromatic N) is 2. The molecule has 104 valence electrons. The SMILES string of the molecule is CC(C)CCOCCNS(=O)(=O)c1nnc(N)s1. The Morgan fingerprint density at radius 3 is 2.67 bits per heavy atom. The van der Waals surface area contributed by atoms with Crippen LogP contribution in [-0.4, -0.2) is 38.4 Å². The van der Waals surface area contributed by atoms with Crippen LogP contribution in [0.4, 0.5) is 5.13 Å². The fraction of sp³-hybridized carbons (Fsp3) is 0.778. The minimum atomic E-state index is -3.61. The van der Waals surface area contributed by atoms with Gasteiger partial charge in [-0.1, -0.05) is 25.2 Å². The fourth-order valence-electron chi connectivity index (χ4n) is 1.06. The van der Waals surface area contributed by atoms with Gasteiger partial charge in [-0.2, -0.15) is 0 Å². The molecule has 0 saturated carbocycles. The van der Waals surface area contributed by atoms with E-state index in [0.29, 0.717) is 19.1 Å². The first-order valence-corrected chi connectivity index (χ1v) is 7.88. The van der Waals surface area contributed by atoms with E-state index in [2.05, 4.69) is 28.8 Å². The Morgan fingerprint density at radius 2 is 2.11 bits per heavy atom. The third-order valence-electron chi connectivity index (χ3n) is 2.03. The average Bonchev–Trinajstić information content (AvgIpc) is 2.70. The summed E-state index contributed by atoms with van der Waals surface area (Å²) < 4.78 is 30.9. The monoisotopic (exact) mass is 294 g/mol. The number of sulfonamides is 1. The summed E-state index contributed by atoms with van der Waals surface area (Å²) >= 11 is 0.831. The second-order valence-corrected chi connectivity index (χ2v) is 7.05. The maximum Gasteiger partial charge on any atom is 0.269 e. The molecular weight excluding hydrogens is 276 g/mol. The van der Waals surface area contributed by atoms with Gasteiger partial charge in [-0.05, 0) is 12.3 Å². The van der Waals surface area contributed by atoms with Crippen molar-refractivity contribution in [2.75, 3.05) is 25.5 Å². The van der Waals surface area contributed by atoms with Crippen LogP contribution in [0.15, 0.2) is 4.34 Å². The van der Waals surface area contributed by atoms with Crippen LogP contribution in [0.2, 0.25) is 0 Å². The maximum atomic E-state index is 11.7. The zero-order chi connectivity index (χ0) is 13.6. The van der Waals surface area contributed by atoms with Gasteiger partial charge in [0.05, 0.1) is 6.61 Å². The maximum absolute atomic E-state index is 11.7. The van der Waals surface area contributed by atoms with Crippen molar-refractivity contribution in [1.82, 2.24) is 14.9 Å². The van der Waals surface area contributed by atoms with Crippen LogP contribution in [0.25, 0.3) is 0 Å². The Kier molecular flexibility index (Phi) is 5.93. The summed E-state index contributed by atoms with van der Waals surface area (Å²) in [7, 11) is -3.61. The molecule has 18 heavy (non-hydrogen) atoms. The molecule has 1 aromatic heterocycles. The molecule has 9 heteroatoms. The predicted octanol–water partition coefficient (Wildman–Crippen LogP) is 0.461. The van der Waals surface area contributed by atoms with Gasteiger partial charge < -0.3 is 10.5 Å². The third-order valence-corrected chi connectivity index (χ3v) is 4.61. The zero-order valence-electron chi connectivity index (χ0n) is 10.4. The van der Waals surface area contributed by atoms with E-state index < -0.39 is 10.0 Å². The van der Waals surface area contributed by atoms with Crippen LogP contribution in [-0.2, 0) is 14.8 Å². The van der Waals surface area contributed by atoms with Crippen LogP contribution >= 0.6 is 11.3 Å². The van der Waals surface area contributed by atoms with Crippen LogP contribution in [0, 0.1) is 5.92 Å². The molecule has 0 aliphatic heterocycles. The van der Waals surface area contributed by atoms with Gasteiger partial charge in [0.1, 0.15) is 0 Å². The van der Waals surface area contributed by atoms with Crippen LogP contribution in [0.5, 0.6) is 0 Å². The van der Waals surface area contributed by atoms with E-state index in [4.69, 9.17) is 10.5 Å². The second-order valence-electron chi connectivity index (χ2n) is 4.10. The molecule has 1 aromatic rings. The Hall–Kier alpha value is -0.770. The van der Waals surface area contributed by atoms with E-state index in [-0.39, 0.29) is 16.0 Å². The molecule has 0 radical (unpaired) electrons. The zero-order valence-corrected chi connectivity index (χ0v) is 12.1. The van der Waals surface area contributed by atoms with Crippen molar-refractivity contribution in [3.8, 4) is 0 Å². The number of rotatable bonds is 8. The number of aromatic nitrogens is 2. The first kappa shape index (κ1) is 15.3. The normalized spacial score (nSPS) is 12.2. The van der Waals surface area contributed by atoms with E-state index in [1.807, 2.05) is 0 Å². The minimum Gasteiger partial charge on any atom is -0.380 e. The molecule has 0 amide bonds. The number of nitrogens with one attached hydrogen (secondary N) is 1. The molecular formula is C9H18N4O3S2. The molecule has 0 spiro atoms. The Balaban J connectivity index is 2.26. The Morgan fingerprint density at radius 1 is 1.39 bits per heavy atom. The van der Waals surface area contributed by atoms with Gasteiger partial charge in [0.25, 0.3) is 10.0 Å². The first-order chi connectivity index (χ1) is 8.42. The number of hydrogen-bond acceptors (Lipinski definition) is 7. The lowest BCUT2D eigenvalue weighted by molar-refractivity contribution is 0.128. The molecule has 0 fully saturated rings. The Bertz CT molecular complexity index is 458. The van der Waals surface area contributed by atoms with Crippen molar-refractivity contribution in [1.29, 1.82) is 0 Å². The number of hydrogen-bond donors (Lipinski definition) is 2. The van der Waals surface area contributed by atoms with Gasteiger partial charge in [0.15, 0.2) is 0 Å². The van der Waals surface area contributed by atoms with Crippen molar-refractivity contribution in [2.24, 2.45) is 5.92 Å². The van der Waals surface area contributed by atoms with Gasteiger partial charge in [-0.25, -0.2) is 13.1 Å². The molecule has 3 N–H and O–H groups in total. The summed E-state index contributed by atoms with van der Waals surface area (Å²) in [6, 6.07) is 0. The Labute approximate surface area is 111 Å². The first-order valence-electron chi connectivity index (χ1n) is 5.58. The van der Waals surface area contributed by atoms with Gasteiger partial charge in [-0.15, -0.1) is 10.2 Å². The fourth-order valence-corrected chi connectivity index (χ4v) is 2.90.